The van der Waals surface area contributed by atoms with Crippen molar-refractivity contribution >= 4 is 27.6 Å². The summed E-state index contributed by atoms with van der Waals surface area (Å²) in [6, 6.07) is 5.95. The van der Waals surface area contributed by atoms with Crippen molar-refractivity contribution in [2.24, 2.45) is 0 Å². The molecule has 1 N–H and O–H groups in total. The smallest absolute Gasteiger partial charge is 0.232 e. The van der Waals surface area contributed by atoms with Crippen molar-refractivity contribution < 1.29 is 9.13 Å². The van der Waals surface area contributed by atoms with Crippen molar-refractivity contribution in [3.8, 4) is 11.9 Å². The molecule has 0 aliphatic heterocycles. The Morgan fingerprint density at radius 2 is 2.26 bits per heavy atom. The number of nitriles is 1. The molecule has 0 aliphatic carbocycles. The summed E-state index contributed by atoms with van der Waals surface area (Å²) in [4.78, 5) is 8.03. The van der Waals surface area contributed by atoms with Gasteiger partial charge in [0.2, 0.25) is 11.8 Å². The average molecular weight is 323 g/mol. The molecule has 7 heteroatoms. The van der Waals surface area contributed by atoms with Crippen molar-refractivity contribution in [1.82, 2.24) is 9.97 Å². The van der Waals surface area contributed by atoms with Crippen LogP contribution in [0.15, 0.2) is 28.9 Å². The van der Waals surface area contributed by atoms with Gasteiger partial charge in [-0.1, -0.05) is 0 Å². The predicted octanol–water partition coefficient (Wildman–Crippen LogP) is 3.00. The Morgan fingerprint density at radius 3 is 2.89 bits per heavy atom. The topological polar surface area (TPSA) is 70.8 Å². The Kier molecular flexibility index (Phi) is 3.92. The van der Waals surface area contributed by atoms with Crippen LogP contribution in [0.25, 0.3) is 0 Å². The summed E-state index contributed by atoms with van der Waals surface area (Å²) < 4.78 is 19.3. The monoisotopic (exact) mass is 322 g/mol. The van der Waals surface area contributed by atoms with Crippen molar-refractivity contribution in [2.75, 3.05) is 12.4 Å². The normalized spacial score (nSPS) is 9.79. The van der Waals surface area contributed by atoms with Crippen LogP contribution in [0.1, 0.15) is 5.56 Å². The molecule has 96 valence electrons. The van der Waals surface area contributed by atoms with Crippen LogP contribution in [0.5, 0.6) is 5.88 Å². The Hall–Kier alpha value is -2.20. The summed E-state index contributed by atoms with van der Waals surface area (Å²) in [6.45, 7) is 0. The molecule has 0 radical (unpaired) electrons. The van der Waals surface area contributed by atoms with Gasteiger partial charge in [0.15, 0.2) is 0 Å². The van der Waals surface area contributed by atoms with Gasteiger partial charge in [0.25, 0.3) is 0 Å². The standard InChI is InChI=1S/C12H8BrFN4O/c1-19-11-8(13)6-16-12(18-11)17-10-3-2-7(5-15)4-9(10)14/h2-4,6H,1H3,(H,16,17,18). The molecule has 0 unspecified atom stereocenters. The van der Waals surface area contributed by atoms with Crippen LogP contribution < -0.4 is 10.1 Å². The van der Waals surface area contributed by atoms with Gasteiger partial charge in [0, 0.05) is 0 Å². The van der Waals surface area contributed by atoms with Crippen molar-refractivity contribution in [2.45, 2.75) is 0 Å². The van der Waals surface area contributed by atoms with E-state index < -0.39 is 5.82 Å². The van der Waals surface area contributed by atoms with E-state index in [2.05, 4.69) is 31.2 Å². The van der Waals surface area contributed by atoms with Crippen molar-refractivity contribution in [3.63, 3.8) is 0 Å². The molecule has 1 aromatic heterocycles. The summed E-state index contributed by atoms with van der Waals surface area (Å²) in [6.07, 6.45) is 1.50. The highest BCUT2D eigenvalue weighted by Crippen LogP contribution is 2.24. The number of nitrogens with one attached hydrogen (secondary N) is 1. The summed E-state index contributed by atoms with van der Waals surface area (Å²) in [5, 5.41) is 11.4. The molecular formula is C12H8BrFN4O. The van der Waals surface area contributed by atoms with Gasteiger partial charge >= 0.3 is 0 Å². The lowest BCUT2D eigenvalue weighted by Crippen LogP contribution is -2.01. The van der Waals surface area contributed by atoms with Crippen LogP contribution in [0.4, 0.5) is 16.0 Å². The number of hydrogen-bond donors (Lipinski definition) is 1. The fraction of sp³-hybridized carbons (Fsp3) is 0.0833. The van der Waals surface area contributed by atoms with Crippen LogP contribution >= 0.6 is 15.9 Å². The first kappa shape index (κ1) is 13.2. The highest BCUT2D eigenvalue weighted by molar-refractivity contribution is 9.10. The summed E-state index contributed by atoms with van der Waals surface area (Å²) in [5.41, 5.74) is 0.431. The van der Waals surface area contributed by atoms with E-state index in [-0.39, 0.29) is 17.2 Å². The van der Waals surface area contributed by atoms with E-state index in [0.717, 1.165) is 6.07 Å². The van der Waals surface area contributed by atoms with E-state index in [4.69, 9.17) is 10.00 Å². The van der Waals surface area contributed by atoms with Gasteiger partial charge in [0.1, 0.15) is 5.82 Å². The molecule has 5 nitrogen and oxygen atoms in total. The first-order chi connectivity index (χ1) is 9.13. The molecule has 1 heterocycles. The van der Waals surface area contributed by atoms with Gasteiger partial charge in [0.05, 0.1) is 35.1 Å². The number of anilines is 2. The number of rotatable bonds is 3. The Balaban J connectivity index is 2.29. The molecule has 0 fully saturated rings. The zero-order valence-corrected chi connectivity index (χ0v) is 11.4. The van der Waals surface area contributed by atoms with Gasteiger partial charge in [-0.2, -0.15) is 10.2 Å². The Morgan fingerprint density at radius 1 is 1.47 bits per heavy atom. The average Bonchev–Trinajstić information content (AvgIpc) is 2.43. The van der Waals surface area contributed by atoms with Crippen molar-refractivity contribution in [1.29, 1.82) is 5.26 Å². The minimum absolute atomic E-state index is 0.184. The molecule has 0 aliphatic rings. The van der Waals surface area contributed by atoms with Gasteiger partial charge in [-0.15, -0.1) is 0 Å². The maximum atomic E-state index is 13.7. The van der Waals surface area contributed by atoms with Gasteiger partial charge in [-0.25, -0.2) is 9.37 Å². The SMILES string of the molecule is COc1nc(Nc2ccc(C#N)cc2F)ncc1Br. The highest BCUT2D eigenvalue weighted by atomic mass is 79.9. The number of benzene rings is 1. The third-order valence-corrected chi connectivity index (χ3v) is 2.79. The zero-order chi connectivity index (χ0) is 13.8. The third kappa shape index (κ3) is 2.98. The number of ether oxygens (including phenoxy) is 1. The number of hydrogen-bond acceptors (Lipinski definition) is 5. The van der Waals surface area contributed by atoms with Crippen LogP contribution in [0.2, 0.25) is 0 Å². The number of methoxy groups -OCH3 is 1. The second-order valence-corrected chi connectivity index (χ2v) is 4.34. The molecule has 1 aromatic carbocycles. The molecule has 0 atom stereocenters. The number of halogens is 2. The summed E-state index contributed by atoms with van der Waals surface area (Å²) in [5.74, 6) is -0.0141. The zero-order valence-electron chi connectivity index (χ0n) is 9.82. The number of nitrogens with zero attached hydrogens (tertiary/aromatic N) is 3. The molecule has 0 saturated heterocycles. The first-order valence-corrected chi connectivity index (χ1v) is 5.96. The van der Waals surface area contributed by atoms with Gasteiger partial charge in [-0.3, -0.25) is 0 Å². The maximum Gasteiger partial charge on any atom is 0.232 e. The second kappa shape index (κ2) is 5.63. The lowest BCUT2D eigenvalue weighted by molar-refractivity contribution is 0.394. The van der Waals surface area contributed by atoms with E-state index in [1.165, 1.54) is 25.4 Å². The minimum atomic E-state index is -0.551. The van der Waals surface area contributed by atoms with E-state index in [1.54, 1.807) is 0 Å². The van der Waals surface area contributed by atoms with Crippen LogP contribution in [-0.4, -0.2) is 17.1 Å². The summed E-state index contributed by atoms with van der Waals surface area (Å²) in [7, 11) is 1.47. The van der Waals surface area contributed by atoms with Crippen LogP contribution in [0, 0.1) is 17.1 Å². The Labute approximate surface area is 117 Å². The van der Waals surface area contributed by atoms with Crippen LogP contribution in [-0.2, 0) is 0 Å². The molecular weight excluding hydrogens is 315 g/mol. The molecule has 0 bridgehead atoms. The van der Waals surface area contributed by atoms with Gasteiger partial charge < -0.3 is 10.1 Å². The Bertz CT molecular complexity index is 657. The largest absolute Gasteiger partial charge is 0.480 e. The lowest BCUT2D eigenvalue weighted by Gasteiger charge is -2.08. The van der Waals surface area contributed by atoms with Crippen LogP contribution in [0.3, 0.4) is 0 Å². The fourth-order valence-electron chi connectivity index (χ4n) is 1.36. The quantitative estimate of drug-likeness (QED) is 0.940. The first-order valence-electron chi connectivity index (χ1n) is 5.17. The van der Waals surface area contributed by atoms with E-state index in [9.17, 15) is 4.39 Å². The predicted molar refractivity (Wildman–Crippen MR) is 70.7 cm³/mol. The maximum absolute atomic E-state index is 13.7. The molecule has 2 aromatic rings. The summed E-state index contributed by atoms with van der Waals surface area (Å²) >= 11 is 3.22. The molecule has 0 spiro atoms. The fourth-order valence-corrected chi connectivity index (χ4v) is 1.71. The minimum Gasteiger partial charge on any atom is -0.480 e. The third-order valence-electron chi connectivity index (χ3n) is 2.25. The van der Waals surface area contributed by atoms with E-state index in [1.807, 2.05) is 6.07 Å². The molecule has 2 rings (SSSR count). The lowest BCUT2D eigenvalue weighted by atomic mass is 10.2. The van der Waals surface area contributed by atoms with E-state index >= 15 is 0 Å². The second-order valence-electron chi connectivity index (χ2n) is 3.48. The number of aromatic nitrogens is 2. The van der Waals surface area contributed by atoms with Crippen molar-refractivity contribution in [3.05, 3.63) is 40.2 Å². The van der Waals surface area contributed by atoms with E-state index in [0.29, 0.717) is 10.4 Å². The highest BCUT2D eigenvalue weighted by Gasteiger charge is 2.08. The van der Waals surface area contributed by atoms with Gasteiger partial charge in [-0.05, 0) is 34.1 Å². The molecule has 0 saturated carbocycles. The molecule has 19 heavy (non-hydrogen) atoms. The molecule has 0 amide bonds.